The van der Waals surface area contributed by atoms with E-state index in [1.54, 1.807) is 0 Å². The maximum Gasteiger partial charge on any atom is 0.0218 e. The molecule has 102 valence electrons. The van der Waals surface area contributed by atoms with Gasteiger partial charge in [-0.3, -0.25) is 4.90 Å². The molecule has 0 radical (unpaired) electrons. The molecule has 1 saturated heterocycles. The number of likely N-dealkylation sites (N-methyl/N-ethyl adjacent to an activating group) is 1. The van der Waals surface area contributed by atoms with Gasteiger partial charge in [0.25, 0.3) is 0 Å². The fourth-order valence-electron chi connectivity index (χ4n) is 2.39. The van der Waals surface area contributed by atoms with E-state index in [1.807, 2.05) is 0 Å². The lowest BCUT2D eigenvalue weighted by atomic mass is 10.1. The molecule has 1 heterocycles. The Bertz CT molecular complexity index is 210. The van der Waals surface area contributed by atoms with Crippen LogP contribution in [0.5, 0.6) is 0 Å². The first-order valence-corrected chi connectivity index (χ1v) is 7.10. The highest BCUT2D eigenvalue weighted by Gasteiger charge is 2.21. The average molecular weight is 241 g/mol. The Morgan fingerprint density at radius 3 is 2.41 bits per heavy atom. The normalized spacial score (nSPS) is 22.4. The van der Waals surface area contributed by atoms with Gasteiger partial charge in [-0.2, -0.15) is 0 Å². The zero-order valence-corrected chi connectivity index (χ0v) is 12.4. The third-order valence-corrected chi connectivity index (χ3v) is 3.61. The SMILES string of the molecule is CCC(CNC(C)(C)C)N1CCCN(C)CC1. The molecule has 0 aromatic carbocycles. The molecule has 0 bridgehead atoms. The van der Waals surface area contributed by atoms with E-state index in [1.165, 1.54) is 39.0 Å². The van der Waals surface area contributed by atoms with Crippen molar-refractivity contribution in [1.29, 1.82) is 0 Å². The van der Waals surface area contributed by atoms with Gasteiger partial charge < -0.3 is 10.2 Å². The van der Waals surface area contributed by atoms with Gasteiger partial charge in [-0.1, -0.05) is 6.92 Å². The van der Waals surface area contributed by atoms with Gasteiger partial charge in [0.1, 0.15) is 0 Å². The van der Waals surface area contributed by atoms with Crippen LogP contribution in [0.25, 0.3) is 0 Å². The third-order valence-electron chi connectivity index (χ3n) is 3.61. The van der Waals surface area contributed by atoms with Gasteiger partial charge >= 0.3 is 0 Å². The van der Waals surface area contributed by atoms with Crippen LogP contribution < -0.4 is 5.32 Å². The van der Waals surface area contributed by atoms with E-state index in [4.69, 9.17) is 0 Å². The van der Waals surface area contributed by atoms with E-state index >= 15 is 0 Å². The summed E-state index contributed by atoms with van der Waals surface area (Å²) in [6.45, 7) is 15.1. The van der Waals surface area contributed by atoms with E-state index in [9.17, 15) is 0 Å². The topological polar surface area (TPSA) is 18.5 Å². The average Bonchev–Trinajstić information content (AvgIpc) is 2.43. The smallest absolute Gasteiger partial charge is 0.0218 e. The molecule has 0 aromatic rings. The van der Waals surface area contributed by atoms with Crippen LogP contribution in [0.3, 0.4) is 0 Å². The van der Waals surface area contributed by atoms with Crippen molar-refractivity contribution in [2.45, 2.75) is 52.1 Å². The van der Waals surface area contributed by atoms with Gasteiger partial charge in [0.2, 0.25) is 0 Å². The molecule has 1 fully saturated rings. The van der Waals surface area contributed by atoms with Crippen molar-refractivity contribution in [3.63, 3.8) is 0 Å². The molecule has 17 heavy (non-hydrogen) atoms. The zero-order chi connectivity index (χ0) is 12.9. The van der Waals surface area contributed by atoms with Crippen molar-refractivity contribution in [3.8, 4) is 0 Å². The Morgan fingerprint density at radius 2 is 1.82 bits per heavy atom. The second-order valence-corrected chi connectivity index (χ2v) is 6.39. The van der Waals surface area contributed by atoms with E-state index in [-0.39, 0.29) is 5.54 Å². The maximum atomic E-state index is 3.65. The van der Waals surface area contributed by atoms with Crippen LogP contribution in [0.15, 0.2) is 0 Å². The number of nitrogens with zero attached hydrogens (tertiary/aromatic N) is 2. The van der Waals surface area contributed by atoms with E-state index in [0.29, 0.717) is 6.04 Å². The highest BCUT2D eigenvalue weighted by molar-refractivity contribution is 4.80. The van der Waals surface area contributed by atoms with Crippen molar-refractivity contribution < 1.29 is 0 Å². The van der Waals surface area contributed by atoms with Crippen molar-refractivity contribution >= 4 is 0 Å². The summed E-state index contributed by atoms with van der Waals surface area (Å²) >= 11 is 0. The minimum atomic E-state index is 0.232. The first kappa shape index (κ1) is 14.9. The largest absolute Gasteiger partial charge is 0.311 e. The van der Waals surface area contributed by atoms with Crippen molar-refractivity contribution in [3.05, 3.63) is 0 Å². The van der Waals surface area contributed by atoms with Gasteiger partial charge in [0, 0.05) is 31.2 Å². The fraction of sp³-hybridized carbons (Fsp3) is 1.00. The monoisotopic (exact) mass is 241 g/mol. The molecule has 0 spiro atoms. The van der Waals surface area contributed by atoms with Gasteiger partial charge in [0.15, 0.2) is 0 Å². The number of nitrogens with one attached hydrogen (secondary N) is 1. The molecule has 3 nitrogen and oxygen atoms in total. The molecule has 1 N–H and O–H groups in total. The van der Waals surface area contributed by atoms with Crippen molar-refractivity contribution in [2.75, 3.05) is 39.8 Å². The van der Waals surface area contributed by atoms with Gasteiger partial charge in [-0.05, 0) is 53.8 Å². The van der Waals surface area contributed by atoms with Crippen molar-refractivity contribution in [2.24, 2.45) is 0 Å². The lowest BCUT2D eigenvalue weighted by Crippen LogP contribution is -2.48. The highest BCUT2D eigenvalue weighted by atomic mass is 15.2. The van der Waals surface area contributed by atoms with Crippen LogP contribution in [0.2, 0.25) is 0 Å². The van der Waals surface area contributed by atoms with Crippen LogP contribution in [0.1, 0.15) is 40.5 Å². The van der Waals surface area contributed by atoms with Gasteiger partial charge in [-0.25, -0.2) is 0 Å². The van der Waals surface area contributed by atoms with Crippen LogP contribution >= 0.6 is 0 Å². The van der Waals surface area contributed by atoms with Crippen LogP contribution in [0, 0.1) is 0 Å². The van der Waals surface area contributed by atoms with Crippen LogP contribution in [-0.4, -0.2) is 61.2 Å². The van der Waals surface area contributed by atoms with Crippen LogP contribution in [-0.2, 0) is 0 Å². The Labute approximate surface area is 108 Å². The van der Waals surface area contributed by atoms with Crippen LogP contribution in [0.4, 0.5) is 0 Å². The summed E-state index contributed by atoms with van der Waals surface area (Å²) in [7, 11) is 2.23. The summed E-state index contributed by atoms with van der Waals surface area (Å²) < 4.78 is 0. The summed E-state index contributed by atoms with van der Waals surface area (Å²) in [5.74, 6) is 0. The number of hydrogen-bond donors (Lipinski definition) is 1. The Hall–Kier alpha value is -0.120. The lowest BCUT2D eigenvalue weighted by Gasteiger charge is -2.33. The summed E-state index contributed by atoms with van der Waals surface area (Å²) in [6, 6.07) is 0.695. The predicted octanol–water partition coefficient (Wildman–Crippen LogP) is 1.79. The molecular weight excluding hydrogens is 210 g/mol. The Balaban J connectivity index is 2.43. The lowest BCUT2D eigenvalue weighted by molar-refractivity contribution is 0.183. The second kappa shape index (κ2) is 6.72. The first-order valence-electron chi connectivity index (χ1n) is 7.10. The molecule has 0 aromatic heterocycles. The molecule has 0 amide bonds. The van der Waals surface area contributed by atoms with Crippen molar-refractivity contribution in [1.82, 2.24) is 15.1 Å². The number of hydrogen-bond acceptors (Lipinski definition) is 3. The molecular formula is C14H31N3. The summed E-state index contributed by atoms with van der Waals surface area (Å²) in [5, 5.41) is 3.65. The molecule has 1 rings (SSSR count). The number of rotatable bonds is 4. The van der Waals surface area contributed by atoms with Gasteiger partial charge in [-0.15, -0.1) is 0 Å². The molecule has 1 unspecified atom stereocenters. The quantitative estimate of drug-likeness (QED) is 0.809. The summed E-state index contributed by atoms with van der Waals surface area (Å²) in [5.41, 5.74) is 0.232. The fourth-order valence-corrected chi connectivity index (χ4v) is 2.39. The Kier molecular flexibility index (Phi) is 5.90. The predicted molar refractivity (Wildman–Crippen MR) is 75.5 cm³/mol. The molecule has 1 aliphatic heterocycles. The minimum absolute atomic E-state index is 0.232. The van der Waals surface area contributed by atoms with E-state index < -0.39 is 0 Å². The molecule has 1 atom stereocenters. The molecule has 3 heteroatoms. The minimum Gasteiger partial charge on any atom is -0.311 e. The Morgan fingerprint density at radius 1 is 1.12 bits per heavy atom. The zero-order valence-electron chi connectivity index (χ0n) is 12.4. The molecule has 0 aliphatic carbocycles. The standard InChI is InChI=1S/C14H31N3/c1-6-13(12-15-14(2,3)4)17-9-7-8-16(5)10-11-17/h13,15H,6-12H2,1-5H3. The third kappa shape index (κ3) is 5.84. The second-order valence-electron chi connectivity index (χ2n) is 6.39. The summed E-state index contributed by atoms with van der Waals surface area (Å²) in [4.78, 5) is 5.12. The van der Waals surface area contributed by atoms with E-state index in [0.717, 1.165) is 6.54 Å². The molecule has 0 saturated carbocycles. The summed E-state index contributed by atoms with van der Waals surface area (Å²) in [6.07, 6.45) is 2.55. The molecule has 1 aliphatic rings. The maximum absolute atomic E-state index is 3.65. The highest BCUT2D eigenvalue weighted by Crippen LogP contribution is 2.10. The first-order chi connectivity index (χ1) is 7.92. The van der Waals surface area contributed by atoms with Gasteiger partial charge in [0.05, 0.1) is 0 Å². The van der Waals surface area contributed by atoms with E-state index in [2.05, 4.69) is 49.9 Å².